The minimum absolute atomic E-state index is 0.135. The molecule has 0 unspecified atom stereocenters. The lowest BCUT2D eigenvalue weighted by Crippen LogP contribution is -2.35. The molecule has 230 valence electrons. The lowest BCUT2D eigenvalue weighted by Gasteiger charge is -2.32. The molecular formula is C34H37FN4O5. The highest BCUT2D eigenvalue weighted by Gasteiger charge is 2.27. The molecule has 3 fully saturated rings. The number of halogens is 1. The van der Waals surface area contributed by atoms with Crippen LogP contribution in [0.2, 0.25) is 0 Å². The maximum Gasteiger partial charge on any atom is 0.337 e. The SMILES string of the molecule is COC(=O)c1ccc2nc(CN3CCC(c4cccc(OCc5ccc(C6COC6)cc5F)n4)CC3)n(C[C@@H]3CCO3)c2c1. The number of carbonyl (C=O) groups excluding carboxylic acids is 1. The third-order valence-corrected chi connectivity index (χ3v) is 9.11. The number of benzene rings is 2. The summed E-state index contributed by atoms with van der Waals surface area (Å²) in [5.41, 5.74) is 4.81. The number of hydrogen-bond acceptors (Lipinski definition) is 8. The molecule has 3 aliphatic rings. The van der Waals surface area contributed by atoms with Gasteiger partial charge in [-0.3, -0.25) is 4.90 Å². The van der Waals surface area contributed by atoms with Gasteiger partial charge in [-0.1, -0.05) is 18.2 Å². The lowest BCUT2D eigenvalue weighted by molar-refractivity contribution is -0.0592. The number of nitrogens with zero attached hydrogens (tertiary/aromatic N) is 4. The number of rotatable bonds is 10. The molecule has 0 N–H and O–H groups in total. The Morgan fingerprint density at radius 3 is 2.57 bits per heavy atom. The highest BCUT2D eigenvalue weighted by molar-refractivity contribution is 5.93. The predicted octanol–water partition coefficient (Wildman–Crippen LogP) is 5.22. The van der Waals surface area contributed by atoms with Gasteiger partial charge in [-0.2, -0.15) is 0 Å². The molecular weight excluding hydrogens is 563 g/mol. The first-order chi connectivity index (χ1) is 21.5. The number of imidazole rings is 1. The van der Waals surface area contributed by atoms with Crippen molar-refractivity contribution < 1.29 is 28.1 Å². The quantitative estimate of drug-likeness (QED) is 0.229. The highest BCUT2D eigenvalue weighted by atomic mass is 19.1. The van der Waals surface area contributed by atoms with Crippen LogP contribution in [-0.4, -0.2) is 71.5 Å². The summed E-state index contributed by atoms with van der Waals surface area (Å²) < 4.78 is 38.7. The molecule has 5 heterocycles. The zero-order chi connectivity index (χ0) is 30.0. The number of aromatic nitrogens is 3. The number of likely N-dealkylation sites (tertiary alicyclic amines) is 1. The van der Waals surface area contributed by atoms with Gasteiger partial charge in [0.1, 0.15) is 18.2 Å². The Morgan fingerprint density at radius 2 is 1.86 bits per heavy atom. The van der Waals surface area contributed by atoms with Crippen LogP contribution >= 0.6 is 0 Å². The van der Waals surface area contributed by atoms with Crippen molar-refractivity contribution in [2.75, 3.05) is 40.0 Å². The second kappa shape index (κ2) is 12.6. The van der Waals surface area contributed by atoms with Crippen molar-refractivity contribution in [3.8, 4) is 5.88 Å². The molecule has 2 aromatic heterocycles. The monoisotopic (exact) mass is 600 g/mol. The lowest BCUT2D eigenvalue weighted by atomic mass is 9.93. The second-order valence-corrected chi connectivity index (χ2v) is 11.9. The fourth-order valence-corrected chi connectivity index (χ4v) is 6.21. The number of carbonyl (C=O) groups is 1. The normalized spacial score (nSPS) is 19.5. The predicted molar refractivity (Wildman–Crippen MR) is 161 cm³/mol. The minimum atomic E-state index is -0.354. The van der Waals surface area contributed by atoms with Gasteiger partial charge in [-0.25, -0.2) is 19.2 Å². The van der Waals surface area contributed by atoms with E-state index in [1.165, 1.54) is 7.11 Å². The summed E-state index contributed by atoms with van der Waals surface area (Å²) in [6.45, 7) is 5.49. The molecule has 2 aromatic carbocycles. The molecule has 0 bridgehead atoms. The Bertz CT molecular complexity index is 1640. The van der Waals surface area contributed by atoms with Gasteiger partial charge < -0.3 is 23.5 Å². The maximum absolute atomic E-state index is 14.7. The number of pyridine rings is 1. The summed E-state index contributed by atoms with van der Waals surface area (Å²) in [6.07, 6.45) is 3.12. The number of esters is 1. The Kier molecular flexibility index (Phi) is 8.29. The molecule has 10 heteroatoms. The van der Waals surface area contributed by atoms with Crippen LogP contribution in [0.4, 0.5) is 4.39 Å². The van der Waals surface area contributed by atoms with Crippen molar-refractivity contribution in [2.45, 2.75) is 56.9 Å². The largest absolute Gasteiger partial charge is 0.473 e. The van der Waals surface area contributed by atoms with Gasteiger partial charge in [-0.05, 0) is 68.2 Å². The molecule has 44 heavy (non-hydrogen) atoms. The van der Waals surface area contributed by atoms with Gasteiger partial charge in [0, 0.05) is 35.8 Å². The average molecular weight is 601 g/mol. The van der Waals surface area contributed by atoms with Crippen molar-refractivity contribution in [3.05, 3.63) is 88.6 Å². The summed E-state index contributed by atoms with van der Waals surface area (Å²) in [4.78, 5) is 24.4. The average Bonchev–Trinajstić information content (AvgIpc) is 3.33. The summed E-state index contributed by atoms with van der Waals surface area (Å²) in [7, 11) is 1.40. The number of ether oxygens (including phenoxy) is 4. The van der Waals surface area contributed by atoms with E-state index < -0.39 is 0 Å². The van der Waals surface area contributed by atoms with E-state index in [-0.39, 0.29) is 30.4 Å². The molecule has 9 nitrogen and oxygen atoms in total. The molecule has 4 aromatic rings. The number of fused-ring (bicyclic) bond motifs is 1. The van der Waals surface area contributed by atoms with E-state index in [1.54, 1.807) is 18.2 Å². The third kappa shape index (κ3) is 6.06. The molecule has 3 aliphatic heterocycles. The smallest absolute Gasteiger partial charge is 0.337 e. The first kappa shape index (κ1) is 28.9. The van der Waals surface area contributed by atoms with Crippen molar-refractivity contribution >= 4 is 17.0 Å². The Balaban J connectivity index is 0.985. The van der Waals surface area contributed by atoms with Crippen LogP contribution in [0.25, 0.3) is 11.0 Å². The van der Waals surface area contributed by atoms with Crippen molar-refractivity contribution in [3.63, 3.8) is 0 Å². The Labute approximate surface area is 255 Å². The van der Waals surface area contributed by atoms with Crippen LogP contribution < -0.4 is 4.74 Å². The molecule has 0 aliphatic carbocycles. The van der Waals surface area contributed by atoms with Gasteiger partial charge >= 0.3 is 5.97 Å². The van der Waals surface area contributed by atoms with E-state index in [0.29, 0.717) is 42.7 Å². The first-order valence-electron chi connectivity index (χ1n) is 15.4. The minimum Gasteiger partial charge on any atom is -0.473 e. The number of methoxy groups -OCH3 is 1. The molecule has 3 saturated heterocycles. The van der Waals surface area contributed by atoms with Crippen LogP contribution in [0.3, 0.4) is 0 Å². The fraction of sp³-hybridized carbons (Fsp3) is 0.441. The molecule has 0 amide bonds. The summed E-state index contributed by atoms with van der Waals surface area (Å²) in [5.74, 6) is 1.49. The van der Waals surface area contributed by atoms with Crippen LogP contribution in [0, 0.1) is 5.82 Å². The topological polar surface area (TPSA) is 87.9 Å². The molecule has 0 radical (unpaired) electrons. The second-order valence-electron chi connectivity index (χ2n) is 11.9. The van der Waals surface area contributed by atoms with Gasteiger partial charge in [-0.15, -0.1) is 0 Å². The zero-order valence-electron chi connectivity index (χ0n) is 24.9. The van der Waals surface area contributed by atoms with Gasteiger partial charge in [0.25, 0.3) is 0 Å². The molecule has 1 atom stereocenters. The van der Waals surface area contributed by atoms with Crippen molar-refractivity contribution in [2.24, 2.45) is 0 Å². The van der Waals surface area contributed by atoms with Crippen LogP contribution in [-0.2, 0) is 33.9 Å². The van der Waals surface area contributed by atoms with E-state index in [9.17, 15) is 9.18 Å². The standard InChI is InChI=1S/C34H37FN4O5/c1-41-34(40)24-7-8-30-31(16-24)39(17-27-11-14-43-27)32(36-30)18-38-12-9-22(10-13-38)29-3-2-4-33(37-29)44-21-25-6-5-23(15-28(25)35)26-19-42-20-26/h2-8,15-16,22,26-27H,9-14,17-21H2,1H3/t27-/m0/s1. The number of piperidine rings is 1. The summed E-state index contributed by atoms with van der Waals surface area (Å²) in [5, 5.41) is 0. The van der Waals surface area contributed by atoms with Crippen LogP contribution in [0.15, 0.2) is 54.6 Å². The van der Waals surface area contributed by atoms with Gasteiger partial charge in [0.2, 0.25) is 5.88 Å². The third-order valence-electron chi connectivity index (χ3n) is 9.11. The van der Waals surface area contributed by atoms with E-state index in [1.807, 2.05) is 30.3 Å². The zero-order valence-corrected chi connectivity index (χ0v) is 24.9. The summed E-state index contributed by atoms with van der Waals surface area (Å²) >= 11 is 0. The van der Waals surface area contributed by atoms with E-state index in [4.69, 9.17) is 28.9 Å². The highest BCUT2D eigenvalue weighted by Crippen LogP contribution is 2.30. The number of hydrogen-bond donors (Lipinski definition) is 0. The maximum atomic E-state index is 14.7. The Morgan fingerprint density at radius 1 is 1.02 bits per heavy atom. The first-order valence-corrected chi connectivity index (χ1v) is 15.4. The van der Waals surface area contributed by atoms with E-state index in [2.05, 4.69) is 15.5 Å². The molecule has 0 spiro atoms. The van der Waals surface area contributed by atoms with E-state index >= 15 is 0 Å². The molecule has 7 rings (SSSR count). The fourth-order valence-electron chi connectivity index (χ4n) is 6.21. The molecule has 0 saturated carbocycles. The van der Waals surface area contributed by atoms with Gasteiger partial charge in [0.05, 0.1) is 56.1 Å². The van der Waals surface area contributed by atoms with Crippen molar-refractivity contribution in [1.29, 1.82) is 0 Å². The van der Waals surface area contributed by atoms with Gasteiger partial charge in [0.15, 0.2) is 0 Å². The van der Waals surface area contributed by atoms with Crippen molar-refractivity contribution in [1.82, 2.24) is 19.4 Å². The van der Waals surface area contributed by atoms with E-state index in [0.717, 1.165) is 73.6 Å². The Hall–Kier alpha value is -3.86. The summed E-state index contributed by atoms with van der Waals surface area (Å²) in [6, 6.07) is 16.7. The van der Waals surface area contributed by atoms with Crippen LogP contribution in [0.5, 0.6) is 5.88 Å². The van der Waals surface area contributed by atoms with Crippen LogP contribution in [0.1, 0.15) is 64.1 Å².